The summed E-state index contributed by atoms with van der Waals surface area (Å²) in [6.07, 6.45) is -1.38. The molecule has 2 aromatic rings. The van der Waals surface area contributed by atoms with E-state index in [4.69, 9.17) is 0 Å². The van der Waals surface area contributed by atoms with Gasteiger partial charge in [0.25, 0.3) is 0 Å². The van der Waals surface area contributed by atoms with Crippen molar-refractivity contribution >= 4 is 35.5 Å². The Balaban J connectivity index is 1.77. The lowest BCUT2D eigenvalue weighted by Crippen LogP contribution is -2.20. The van der Waals surface area contributed by atoms with Crippen LogP contribution >= 0.6 is 11.8 Å². The number of rotatable bonds is 7. The number of carbonyl (C=O) groups is 2. The summed E-state index contributed by atoms with van der Waals surface area (Å²) in [6, 6.07) is 11.8. The fourth-order valence-corrected chi connectivity index (χ4v) is 2.56. The van der Waals surface area contributed by atoms with Crippen LogP contribution < -0.4 is 10.7 Å². The van der Waals surface area contributed by atoms with Crippen molar-refractivity contribution in [1.82, 2.24) is 5.43 Å². The van der Waals surface area contributed by atoms with Gasteiger partial charge in [0.15, 0.2) is 0 Å². The van der Waals surface area contributed by atoms with Crippen LogP contribution in [0.15, 0.2) is 58.5 Å². The summed E-state index contributed by atoms with van der Waals surface area (Å²) in [7, 11) is 0. The molecule has 0 atom stereocenters. The second kappa shape index (κ2) is 9.93. The van der Waals surface area contributed by atoms with E-state index in [1.165, 1.54) is 18.3 Å². The zero-order valence-corrected chi connectivity index (χ0v) is 15.7. The molecule has 0 bridgehead atoms. The molecule has 0 radical (unpaired) electrons. The van der Waals surface area contributed by atoms with Crippen LogP contribution in [0.25, 0.3) is 0 Å². The average molecular weight is 409 g/mol. The van der Waals surface area contributed by atoms with E-state index in [1.807, 2.05) is 30.5 Å². The SMILES string of the molecule is CSc1ccc(C=NNC(=O)CCC(=O)Nc2cccc(C(F)(F)F)c2)cc1. The maximum absolute atomic E-state index is 12.7. The van der Waals surface area contributed by atoms with Crippen LogP contribution in [0.2, 0.25) is 0 Å². The van der Waals surface area contributed by atoms with Crippen molar-refractivity contribution in [2.24, 2.45) is 5.10 Å². The Morgan fingerprint density at radius 3 is 2.39 bits per heavy atom. The molecule has 9 heteroatoms. The van der Waals surface area contributed by atoms with Gasteiger partial charge >= 0.3 is 6.18 Å². The largest absolute Gasteiger partial charge is 0.416 e. The summed E-state index contributed by atoms with van der Waals surface area (Å²) in [6.45, 7) is 0. The highest BCUT2D eigenvalue weighted by Crippen LogP contribution is 2.30. The molecule has 0 unspecified atom stereocenters. The van der Waals surface area contributed by atoms with E-state index in [1.54, 1.807) is 11.8 Å². The molecule has 5 nitrogen and oxygen atoms in total. The van der Waals surface area contributed by atoms with Gasteiger partial charge in [-0.25, -0.2) is 5.43 Å². The van der Waals surface area contributed by atoms with E-state index in [-0.39, 0.29) is 18.5 Å². The summed E-state index contributed by atoms with van der Waals surface area (Å²) >= 11 is 1.61. The molecule has 0 fully saturated rings. The minimum Gasteiger partial charge on any atom is -0.326 e. The zero-order chi connectivity index (χ0) is 20.6. The van der Waals surface area contributed by atoms with E-state index in [9.17, 15) is 22.8 Å². The number of alkyl halides is 3. The third-order valence-corrected chi connectivity index (χ3v) is 4.32. The Hall–Kier alpha value is -2.81. The number of benzene rings is 2. The van der Waals surface area contributed by atoms with Gasteiger partial charge in [0.05, 0.1) is 11.8 Å². The second-order valence-electron chi connectivity index (χ2n) is 5.69. The number of carbonyl (C=O) groups excluding carboxylic acids is 2. The molecule has 0 aliphatic carbocycles. The number of halogens is 3. The van der Waals surface area contributed by atoms with Gasteiger partial charge in [-0.3, -0.25) is 9.59 Å². The lowest BCUT2D eigenvalue weighted by molar-refractivity contribution is -0.137. The molecule has 28 heavy (non-hydrogen) atoms. The maximum Gasteiger partial charge on any atom is 0.416 e. The van der Waals surface area contributed by atoms with Crippen molar-refractivity contribution in [3.63, 3.8) is 0 Å². The molecule has 0 aliphatic heterocycles. The smallest absolute Gasteiger partial charge is 0.326 e. The lowest BCUT2D eigenvalue weighted by atomic mass is 10.2. The fraction of sp³-hybridized carbons (Fsp3) is 0.211. The van der Waals surface area contributed by atoms with Gasteiger partial charge in [0.1, 0.15) is 0 Å². The molecule has 2 rings (SSSR count). The number of anilines is 1. The summed E-state index contributed by atoms with van der Waals surface area (Å²) in [4.78, 5) is 24.6. The molecule has 2 N–H and O–H groups in total. The van der Waals surface area contributed by atoms with Crippen molar-refractivity contribution in [2.75, 3.05) is 11.6 Å². The molecule has 0 aromatic heterocycles. The van der Waals surface area contributed by atoms with E-state index in [0.29, 0.717) is 0 Å². The van der Waals surface area contributed by atoms with Crippen LogP contribution in [0.3, 0.4) is 0 Å². The number of hydrogen-bond acceptors (Lipinski definition) is 4. The first-order chi connectivity index (χ1) is 13.3. The summed E-state index contributed by atoms with van der Waals surface area (Å²) in [5.41, 5.74) is 2.27. The van der Waals surface area contributed by atoms with Gasteiger partial charge < -0.3 is 5.32 Å². The number of thioether (sulfide) groups is 1. The number of amides is 2. The van der Waals surface area contributed by atoms with Crippen LogP contribution in [-0.4, -0.2) is 24.3 Å². The van der Waals surface area contributed by atoms with Crippen molar-refractivity contribution in [3.05, 3.63) is 59.7 Å². The minimum absolute atomic E-state index is 0.0203. The Bertz CT molecular complexity index is 852. The zero-order valence-electron chi connectivity index (χ0n) is 14.9. The summed E-state index contributed by atoms with van der Waals surface area (Å²) < 4.78 is 38.0. The van der Waals surface area contributed by atoms with Crippen molar-refractivity contribution in [3.8, 4) is 0 Å². The predicted molar refractivity (Wildman–Crippen MR) is 103 cm³/mol. The highest BCUT2D eigenvalue weighted by atomic mass is 32.2. The van der Waals surface area contributed by atoms with Crippen molar-refractivity contribution in [1.29, 1.82) is 0 Å². The van der Waals surface area contributed by atoms with Gasteiger partial charge in [-0.05, 0) is 42.2 Å². The molecule has 2 aromatic carbocycles. The maximum atomic E-state index is 12.7. The van der Waals surface area contributed by atoms with Crippen LogP contribution in [0.1, 0.15) is 24.0 Å². The number of hydrazone groups is 1. The van der Waals surface area contributed by atoms with Crippen LogP contribution in [0, 0.1) is 0 Å². The van der Waals surface area contributed by atoms with Gasteiger partial charge in [-0.15, -0.1) is 11.8 Å². The van der Waals surface area contributed by atoms with Gasteiger partial charge in [-0.2, -0.15) is 18.3 Å². The fourth-order valence-electron chi connectivity index (χ4n) is 2.15. The third-order valence-electron chi connectivity index (χ3n) is 3.57. The summed E-state index contributed by atoms with van der Waals surface area (Å²) in [5, 5.41) is 6.15. The minimum atomic E-state index is -4.49. The van der Waals surface area contributed by atoms with Crippen LogP contribution in [0.5, 0.6) is 0 Å². The normalized spacial score (nSPS) is 11.4. The monoisotopic (exact) mass is 409 g/mol. The Labute approximate surface area is 164 Å². The van der Waals surface area contributed by atoms with E-state index in [0.717, 1.165) is 22.6 Å². The van der Waals surface area contributed by atoms with Crippen LogP contribution in [-0.2, 0) is 15.8 Å². The summed E-state index contributed by atoms with van der Waals surface area (Å²) in [5.74, 6) is -1.04. The first-order valence-corrected chi connectivity index (χ1v) is 9.43. The quantitative estimate of drug-likeness (QED) is 0.407. The lowest BCUT2D eigenvalue weighted by Gasteiger charge is -2.09. The van der Waals surface area contributed by atoms with E-state index in [2.05, 4.69) is 15.8 Å². The van der Waals surface area contributed by atoms with E-state index >= 15 is 0 Å². The molecule has 0 saturated heterocycles. The van der Waals surface area contributed by atoms with Crippen molar-refractivity contribution < 1.29 is 22.8 Å². The van der Waals surface area contributed by atoms with Crippen LogP contribution in [0.4, 0.5) is 18.9 Å². The third kappa shape index (κ3) is 7.07. The number of nitrogens with zero attached hydrogens (tertiary/aromatic N) is 1. The Kier molecular flexibility index (Phi) is 7.62. The topological polar surface area (TPSA) is 70.6 Å². The first kappa shape index (κ1) is 21.5. The highest BCUT2D eigenvalue weighted by molar-refractivity contribution is 7.98. The number of hydrogen-bond donors (Lipinski definition) is 2. The highest BCUT2D eigenvalue weighted by Gasteiger charge is 2.30. The second-order valence-corrected chi connectivity index (χ2v) is 6.57. The first-order valence-electron chi connectivity index (χ1n) is 8.21. The molecule has 2 amide bonds. The van der Waals surface area contributed by atoms with Crippen molar-refractivity contribution in [2.45, 2.75) is 23.9 Å². The van der Waals surface area contributed by atoms with Gasteiger partial charge in [-0.1, -0.05) is 18.2 Å². The Morgan fingerprint density at radius 2 is 1.75 bits per heavy atom. The standard InChI is InChI=1S/C19H18F3N3O2S/c1-28-16-7-5-13(6-8-16)12-23-25-18(27)10-9-17(26)24-15-4-2-3-14(11-15)19(20,21)22/h2-8,11-12H,9-10H2,1H3,(H,24,26)(H,25,27). The molecular formula is C19H18F3N3O2S. The predicted octanol–water partition coefficient (Wildman–Crippen LogP) is 4.30. The van der Waals surface area contributed by atoms with E-state index < -0.39 is 23.6 Å². The molecule has 148 valence electrons. The van der Waals surface area contributed by atoms with Gasteiger partial charge in [0, 0.05) is 23.4 Å². The average Bonchev–Trinajstić information content (AvgIpc) is 2.66. The molecule has 0 spiro atoms. The molecule has 0 aliphatic rings. The van der Waals surface area contributed by atoms with Gasteiger partial charge in [0.2, 0.25) is 11.8 Å². The molecule has 0 saturated carbocycles. The Morgan fingerprint density at radius 1 is 1.07 bits per heavy atom. The molecule has 0 heterocycles. The molecular weight excluding hydrogens is 391 g/mol. The number of nitrogens with one attached hydrogen (secondary N) is 2.